The van der Waals surface area contributed by atoms with Gasteiger partial charge in [-0.3, -0.25) is 15.1 Å². The van der Waals surface area contributed by atoms with Crippen LogP contribution in [-0.2, 0) is 0 Å². The Kier molecular flexibility index (Phi) is 4.22. The molecule has 30 heavy (non-hydrogen) atoms. The Hall–Kier alpha value is -3.77. The van der Waals surface area contributed by atoms with Crippen LogP contribution in [0.5, 0.6) is 0 Å². The van der Waals surface area contributed by atoms with E-state index in [2.05, 4.69) is 11.1 Å². The Balaban J connectivity index is 1.89. The molecule has 0 aliphatic heterocycles. The lowest BCUT2D eigenvalue weighted by Crippen LogP contribution is -1.99. The molecule has 3 aromatic carbocycles. The summed E-state index contributed by atoms with van der Waals surface area (Å²) < 4.78 is 1.76. The van der Waals surface area contributed by atoms with Gasteiger partial charge in [-0.25, -0.2) is 4.68 Å². The van der Waals surface area contributed by atoms with Gasteiger partial charge < -0.3 is 0 Å². The summed E-state index contributed by atoms with van der Waals surface area (Å²) in [6.45, 7) is 2.02. The van der Waals surface area contributed by atoms with E-state index in [4.69, 9.17) is 16.7 Å². The Morgan fingerprint density at radius 2 is 1.80 bits per heavy atom. The lowest BCUT2D eigenvalue weighted by molar-refractivity contribution is -0.384. The van der Waals surface area contributed by atoms with Crippen molar-refractivity contribution in [2.24, 2.45) is 0 Å². The van der Waals surface area contributed by atoms with Gasteiger partial charge in [-0.05, 0) is 37.3 Å². The van der Waals surface area contributed by atoms with Gasteiger partial charge >= 0.3 is 0 Å². The number of fused-ring (bicyclic) bond motifs is 3. The summed E-state index contributed by atoms with van der Waals surface area (Å²) in [6.07, 6.45) is 1.80. The molecule has 2 aromatic heterocycles. The average molecular weight is 415 g/mol. The van der Waals surface area contributed by atoms with Gasteiger partial charge in [0.2, 0.25) is 0 Å². The van der Waals surface area contributed by atoms with Crippen molar-refractivity contribution in [3.05, 3.63) is 93.6 Å². The zero-order valence-electron chi connectivity index (χ0n) is 15.9. The predicted octanol–water partition coefficient (Wildman–Crippen LogP) is 6.11. The second-order valence-electron chi connectivity index (χ2n) is 7.09. The topological polar surface area (TPSA) is 73.8 Å². The van der Waals surface area contributed by atoms with Crippen molar-refractivity contribution in [2.75, 3.05) is 0 Å². The number of rotatable bonds is 3. The third-order valence-corrected chi connectivity index (χ3v) is 5.32. The molecule has 146 valence electrons. The first-order valence-electron chi connectivity index (χ1n) is 9.30. The van der Waals surface area contributed by atoms with Crippen LogP contribution in [0.25, 0.3) is 38.8 Å². The molecule has 6 nitrogen and oxygen atoms in total. The number of hydrogen-bond donors (Lipinski definition) is 0. The molecule has 0 saturated carbocycles. The molecule has 0 saturated heterocycles. The molecular weight excluding hydrogens is 400 g/mol. The number of non-ortho nitro benzene ring substituents is 1. The van der Waals surface area contributed by atoms with E-state index in [-0.39, 0.29) is 5.69 Å². The lowest BCUT2D eigenvalue weighted by Gasteiger charge is -2.06. The summed E-state index contributed by atoms with van der Waals surface area (Å²) in [5.41, 5.74) is 5.04. The Morgan fingerprint density at radius 3 is 2.57 bits per heavy atom. The first-order chi connectivity index (χ1) is 14.5. The van der Waals surface area contributed by atoms with E-state index < -0.39 is 4.92 Å². The van der Waals surface area contributed by atoms with Crippen molar-refractivity contribution in [3.8, 4) is 16.9 Å². The number of aromatic nitrogens is 3. The molecule has 0 fully saturated rings. The zero-order valence-corrected chi connectivity index (χ0v) is 16.7. The number of hydrogen-bond acceptors (Lipinski definition) is 4. The Morgan fingerprint density at radius 1 is 1.00 bits per heavy atom. The Bertz CT molecular complexity index is 1440. The van der Waals surface area contributed by atoms with Gasteiger partial charge in [-0.1, -0.05) is 41.4 Å². The quantitative estimate of drug-likeness (QED) is 0.263. The van der Waals surface area contributed by atoms with Crippen LogP contribution in [0, 0.1) is 17.0 Å². The molecule has 0 atom stereocenters. The van der Waals surface area contributed by atoms with Crippen molar-refractivity contribution in [1.82, 2.24) is 14.8 Å². The molecule has 0 N–H and O–H groups in total. The molecule has 0 spiro atoms. The van der Waals surface area contributed by atoms with Crippen LogP contribution in [0.4, 0.5) is 5.69 Å². The maximum absolute atomic E-state index is 11.3. The molecule has 5 rings (SSSR count). The minimum absolute atomic E-state index is 0.0127. The van der Waals surface area contributed by atoms with Crippen LogP contribution in [0.2, 0.25) is 5.02 Å². The molecule has 5 aromatic rings. The third-order valence-electron chi connectivity index (χ3n) is 5.06. The minimum Gasteiger partial charge on any atom is -0.258 e. The highest BCUT2D eigenvalue weighted by Gasteiger charge is 2.18. The number of aryl methyl sites for hydroxylation is 1. The van der Waals surface area contributed by atoms with Gasteiger partial charge in [-0.2, -0.15) is 5.10 Å². The molecule has 7 heteroatoms. The smallest absolute Gasteiger partial charge is 0.258 e. The van der Waals surface area contributed by atoms with Crippen LogP contribution in [-0.4, -0.2) is 19.7 Å². The summed E-state index contributed by atoms with van der Waals surface area (Å²) in [5.74, 6) is 0. The van der Waals surface area contributed by atoms with Gasteiger partial charge in [0.25, 0.3) is 5.69 Å². The number of nitro groups is 1. The van der Waals surface area contributed by atoms with Gasteiger partial charge in [0.1, 0.15) is 5.69 Å². The van der Waals surface area contributed by atoms with E-state index in [1.807, 2.05) is 49.4 Å². The average Bonchev–Trinajstić information content (AvgIpc) is 3.14. The van der Waals surface area contributed by atoms with Crippen LogP contribution in [0.3, 0.4) is 0 Å². The van der Waals surface area contributed by atoms with E-state index in [9.17, 15) is 10.1 Å². The summed E-state index contributed by atoms with van der Waals surface area (Å²) in [4.78, 5) is 15.5. The molecule has 0 amide bonds. The molecule has 0 radical (unpaired) electrons. The fraction of sp³-hybridized carbons (Fsp3) is 0.0435. The van der Waals surface area contributed by atoms with E-state index in [0.29, 0.717) is 10.7 Å². The molecule has 0 bridgehead atoms. The van der Waals surface area contributed by atoms with Crippen molar-refractivity contribution >= 4 is 39.1 Å². The normalized spacial score (nSPS) is 11.3. The number of nitro benzene ring substituents is 1. The molecule has 2 heterocycles. The minimum atomic E-state index is -0.404. The molecule has 0 unspecified atom stereocenters. The van der Waals surface area contributed by atoms with Crippen LogP contribution in [0.15, 0.2) is 72.9 Å². The molecule has 0 aliphatic rings. The van der Waals surface area contributed by atoms with Crippen LogP contribution < -0.4 is 0 Å². The number of pyridine rings is 1. The fourth-order valence-electron chi connectivity index (χ4n) is 3.64. The summed E-state index contributed by atoms with van der Waals surface area (Å²) in [6, 6.07) is 20.0. The summed E-state index contributed by atoms with van der Waals surface area (Å²) in [7, 11) is 0. The summed E-state index contributed by atoms with van der Waals surface area (Å²) in [5, 5.41) is 18.6. The number of benzene rings is 3. The van der Waals surface area contributed by atoms with Crippen molar-refractivity contribution in [2.45, 2.75) is 6.92 Å². The zero-order chi connectivity index (χ0) is 20.8. The number of nitrogens with zero attached hydrogens (tertiary/aromatic N) is 4. The third kappa shape index (κ3) is 2.98. The van der Waals surface area contributed by atoms with E-state index >= 15 is 0 Å². The van der Waals surface area contributed by atoms with Crippen LogP contribution >= 0.6 is 11.6 Å². The highest BCUT2D eigenvalue weighted by molar-refractivity contribution is 6.30. The van der Waals surface area contributed by atoms with Gasteiger partial charge in [0.05, 0.1) is 21.6 Å². The molecular formula is C23H15ClN4O2. The van der Waals surface area contributed by atoms with Crippen molar-refractivity contribution in [3.63, 3.8) is 0 Å². The van der Waals surface area contributed by atoms with Gasteiger partial charge in [0, 0.05) is 39.7 Å². The first-order valence-corrected chi connectivity index (χ1v) is 9.68. The second kappa shape index (κ2) is 6.93. The molecule has 0 aliphatic carbocycles. The fourth-order valence-corrected chi connectivity index (χ4v) is 3.77. The van der Waals surface area contributed by atoms with Crippen molar-refractivity contribution < 1.29 is 4.92 Å². The highest BCUT2D eigenvalue weighted by atomic mass is 35.5. The SMILES string of the molecule is Cc1ccc2ncc3c(-c4ccc(Cl)cc4)nn(-c4cccc([N+](=O)[O-])c4)c3c2c1. The number of halogens is 1. The predicted molar refractivity (Wildman–Crippen MR) is 118 cm³/mol. The first kappa shape index (κ1) is 18.3. The Labute approximate surface area is 176 Å². The van der Waals surface area contributed by atoms with Gasteiger partial charge in [-0.15, -0.1) is 0 Å². The van der Waals surface area contributed by atoms with Gasteiger partial charge in [0.15, 0.2) is 0 Å². The monoisotopic (exact) mass is 414 g/mol. The van der Waals surface area contributed by atoms with E-state index in [1.165, 1.54) is 12.1 Å². The highest BCUT2D eigenvalue weighted by Crippen LogP contribution is 2.34. The van der Waals surface area contributed by atoms with Crippen molar-refractivity contribution in [1.29, 1.82) is 0 Å². The second-order valence-corrected chi connectivity index (χ2v) is 7.52. The standard InChI is InChI=1S/C23H15ClN4O2/c1-14-5-10-21-19(11-14)23-20(13-25-21)22(15-6-8-16(24)9-7-15)26-27(23)17-3-2-4-18(12-17)28(29)30/h2-13H,1H3. The maximum atomic E-state index is 11.3. The summed E-state index contributed by atoms with van der Waals surface area (Å²) >= 11 is 6.06. The van der Waals surface area contributed by atoms with E-state index in [1.54, 1.807) is 16.9 Å². The maximum Gasteiger partial charge on any atom is 0.271 e. The lowest BCUT2D eigenvalue weighted by atomic mass is 10.1. The van der Waals surface area contributed by atoms with E-state index in [0.717, 1.165) is 38.6 Å². The largest absolute Gasteiger partial charge is 0.271 e. The van der Waals surface area contributed by atoms with Crippen LogP contribution in [0.1, 0.15) is 5.56 Å².